The molecule has 0 radical (unpaired) electrons. The molecule has 3 N–H and O–H groups in total. The Morgan fingerprint density at radius 2 is 1.93 bits per heavy atom. The summed E-state index contributed by atoms with van der Waals surface area (Å²) >= 11 is 11.0. The molecular formula is C21H17ClN2O4S. The van der Waals surface area contributed by atoms with Crippen LogP contribution in [0.25, 0.3) is 17.4 Å². The molecular weight excluding hydrogens is 412 g/mol. The van der Waals surface area contributed by atoms with Crippen molar-refractivity contribution in [1.29, 1.82) is 0 Å². The molecule has 0 spiro atoms. The first-order valence-electron chi connectivity index (χ1n) is 8.47. The average molecular weight is 429 g/mol. The lowest BCUT2D eigenvalue weighted by Gasteiger charge is -2.11. The number of methoxy groups -OCH3 is 1. The summed E-state index contributed by atoms with van der Waals surface area (Å²) in [5.74, 6) is 1.23. The molecule has 0 saturated heterocycles. The van der Waals surface area contributed by atoms with Gasteiger partial charge in [-0.15, -0.1) is 0 Å². The van der Waals surface area contributed by atoms with E-state index in [4.69, 9.17) is 33.0 Å². The molecule has 6 nitrogen and oxygen atoms in total. The summed E-state index contributed by atoms with van der Waals surface area (Å²) in [5, 5.41) is 15.8. The number of phenolic OH excluding ortho intramolecular Hbond substituents is 1. The molecule has 1 aromatic heterocycles. The van der Waals surface area contributed by atoms with Crippen molar-refractivity contribution in [3.8, 4) is 22.8 Å². The van der Waals surface area contributed by atoms with Crippen LogP contribution in [0.5, 0.6) is 11.5 Å². The minimum atomic E-state index is -0.450. The van der Waals surface area contributed by atoms with Crippen LogP contribution >= 0.6 is 23.8 Å². The van der Waals surface area contributed by atoms with Crippen molar-refractivity contribution in [2.24, 2.45) is 0 Å². The number of halogens is 1. The molecule has 3 rings (SSSR count). The van der Waals surface area contributed by atoms with Gasteiger partial charge in [-0.3, -0.25) is 10.1 Å². The summed E-state index contributed by atoms with van der Waals surface area (Å²) in [5.41, 5.74) is 1.19. The predicted molar refractivity (Wildman–Crippen MR) is 117 cm³/mol. The lowest BCUT2D eigenvalue weighted by atomic mass is 10.2. The number of aromatic hydroxyl groups is 1. The van der Waals surface area contributed by atoms with Crippen molar-refractivity contribution in [2.45, 2.75) is 0 Å². The standard InChI is InChI=1S/C21H17ClN2O4S/c1-27-16-6-9-18(25)17(12-16)23-21(29)24-20(26)11-8-15-7-10-19(28-15)13-2-4-14(22)5-3-13/h2-12,25H,1H3,(H2,23,24,26,29)/b11-8+. The molecule has 0 bridgehead atoms. The molecule has 3 aromatic rings. The number of rotatable bonds is 5. The molecule has 0 atom stereocenters. The lowest BCUT2D eigenvalue weighted by molar-refractivity contribution is -0.115. The Kier molecular flexibility index (Phi) is 6.54. The van der Waals surface area contributed by atoms with Gasteiger partial charge in [0.2, 0.25) is 5.91 Å². The van der Waals surface area contributed by atoms with Crippen molar-refractivity contribution < 1.29 is 19.1 Å². The largest absolute Gasteiger partial charge is 0.506 e. The van der Waals surface area contributed by atoms with Crippen LogP contribution in [0.15, 0.2) is 65.1 Å². The van der Waals surface area contributed by atoms with E-state index in [1.54, 1.807) is 36.4 Å². The fourth-order valence-corrected chi connectivity index (χ4v) is 2.76. The second-order valence-electron chi connectivity index (χ2n) is 5.87. The summed E-state index contributed by atoms with van der Waals surface area (Å²) in [6.07, 6.45) is 2.82. The smallest absolute Gasteiger partial charge is 0.250 e. The third-order valence-electron chi connectivity index (χ3n) is 3.84. The predicted octanol–water partition coefficient (Wildman–Crippen LogP) is 4.84. The Morgan fingerprint density at radius 1 is 1.17 bits per heavy atom. The van der Waals surface area contributed by atoms with Gasteiger partial charge in [0.25, 0.3) is 0 Å². The van der Waals surface area contributed by atoms with E-state index in [0.717, 1.165) is 5.56 Å². The molecule has 1 amide bonds. The number of ether oxygens (including phenoxy) is 1. The second kappa shape index (κ2) is 9.27. The maximum absolute atomic E-state index is 12.1. The van der Waals surface area contributed by atoms with Gasteiger partial charge in [0.15, 0.2) is 5.11 Å². The topological polar surface area (TPSA) is 83.7 Å². The molecule has 148 valence electrons. The quantitative estimate of drug-likeness (QED) is 0.306. The maximum atomic E-state index is 12.1. The maximum Gasteiger partial charge on any atom is 0.250 e. The van der Waals surface area contributed by atoms with E-state index in [0.29, 0.717) is 28.0 Å². The van der Waals surface area contributed by atoms with Crippen LogP contribution in [0, 0.1) is 0 Å². The zero-order chi connectivity index (χ0) is 20.8. The molecule has 2 aromatic carbocycles. The number of hydrogen-bond acceptors (Lipinski definition) is 5. The third-order valence-corrected chi connectivity index (χ3v) is 4.30. The van der Waals surface area contributed by atoms with E-state index in [-0.39, 0.29) is 10.9 Å². The van der Waals surface area contributed by atoms with Gasteiger partial charge in [-0.1, -0.05) is 11.6 Å². The summed E-state index contributed by atoms with van der Waals surface area (Å²) in [6.45, 7) is 0. The Labute approximate surface area is 177 Å². The number of amides is 1. The Morgan fingerprint density at radius 3 is 2.66 bits per heavy atom. The number of hydrogen-bond donors (Lipinski definition) is 3. The summed E-state index contributed by atoms with van der Waals surface area (Å²) < 4.78 is 10.8. The van der Waals surface area contributed by atoms with Gasteiger partial charge in [-0.05, 0) is 66.8 Å². The molecule has 8 heteroatoms. The highest BCUT2D eigenvalue weighted by Crippen LogP contribution is 2.27. The first kappa shape index (κ1) is 20.4. The number of thiocarbonyl (C=S) groups is 1. The number of carbonyl (C=O) groups is 1. The molecule has 0 fully saturated rings. The van der Waals surface area contributed by atoms with Crippen molar-refractivity contribution in [3.05, 3.63) is 71.5 Å². The van der Waals surface area contributed by atoms with Crippen LogP contribution in [0.3, 0.4) is 0 Å². The Balaban J connectivity index is 1.58. The number of nitrogens with one attached hydrogen (secondary N) is 2. The molecule has 0 saturated carbocycles. The van der Waals surface area contributed by atoms with Crippen molar-refractivity contribution >= 4 is 46.6 Å². The van der Waals surface area contributed by atoms with Gasteiger partial charge in [-0.25, -0.2) is 0 Å². The van der Waals surface area contributed by atoms with Crippen molar-refractivity contribution in [1.82, 2.24) is 5.32 Å². The van der Waals surface area contributed by atoms with Crippen LogP contribution < -0.4 is 15.4 Å². The molecule has 0 unspecified atom stereocenters. The Hall–Kier alpha value is -3.29. The van der Waals surface area contributed by atoms with Gasteiger partial charge in [0.05, 0.1) is 12.8 Å². The van der Waals surface area contributed by atoms with Gasteiger partial charge >= 0.3 is 0 Å². The van der Waals surface area contributed by atoms with E-state index in [9.17, 15) is 9.90 Å². The second-order valence-corrected chi connectivity index (χ2v) is 6.71. The normalized spacial score (nSPS) is 10.7. The number of anilines is 1. The van der Waals surface area contributed by atoms with Crippen LogP contribution in [-0.2, 0) is 4.79 Å². The highest BCUT2D eigenvalue weighted by atomic mass is 35.5. The number of benzene rings is 2. The number of carbonyl (C=O) groups excluding carboxylic acids is 1. The van der Waals surface area contributed by atoms with Gasteiger partial charge in [-0.2, -0.15) is 0 Å². The van der Waals surface area contributed by atoms with E-state index < -0.39 is 5.91 Å². The third kappa shape index (κ3) is 5.60. The monoisotopic (exact) mass is 428 g/mol. The van der Waals surface area contributed by atoms with Gasteiger partial charge < -0.3 is 19.6 Å². The highest BCUT2D eigenvalue weighted by molar-refractivity contribution is 7.80. The van der Waals surface area contributed by atoms with Gasteiger partial charge in [0, 0.05) is 22.7 Å². The molecule has 0 aliphatic carbocycles. The van der Waals surface area contributed by atoms with E-state index >= 15 is 0 Å². The van der Waals surface area contributed by atoms with Crippen LogP contribution in [-0.4, -0.2) is 23.2 Å². The highest BCUT2D eigenvalue weighted by Gasteiger charge is 2.08. The van der Waals surface area contributed by atoms with E-state index in [2.05, 4.69) is 10.6 Å². The minimum Gasteiger partial charge on any atom is -0.506 e. The summed E-state index contributed by atoms with van der Waals surface area (Å²) in [4.78, 5) is 12.1. The SMILES string of the molecule is COc1ccc(O)c(NC(=S)NC(=O)/C=C/c2ccc(-c3ccc(Cl)cc3)o2)c1. The van der Waals surface area contributed by atoms with Crippen molar-refractivity contribution in [2.75, 3.05) is 12.4 Å². The summed E-state index contributed by atoms with van der Waals surface area (Å²) in [6, 6.07) is 15.4. The van der Waals surface area contributed by atoms with Gasteiger partial charge in [0.1, 0.15) is 23.0 Å². The first-order chi connectivity index (χ1) is 13.9. The Bertz CT molecular complexity index is 1060. The van der Waals surface area contributed by atoms with Crippen LogP contribution in [0.1, 0.15) is 5.76 Å². The zero-order valence-electron chi connectivity index (χ0n) is 15.3. The van der Waals surface area contributed by atoms with Crippen LogP contribution in [0.4, 0.5) is 5.69 Å². The molecule has 0 aliphatic heterocycles. The van der Waals surface area contributed by atoms with E-state index in [1.807, 2.05) is 12.1 Å². The minimum absolute atomic E-state index is 0.0248. The lowest BCUT2D eigenvalue weighted by Crippen LogP contribution is -2.32. The molecule has 29 heavy (non-hydrogen) atoms. The molecule has 0 aliphatic rings. The fourth-order valence-electron chi connectivity index (χ4n) is 2.42. The number of furan rings is 1. The van der Waals surface area contributed by atoms with E-state index in [1.165, 1.54) is 25.3 Å². The van der Waals surface area contributed by atoms with Crippen molar-refractivity contribution in [3.63, 3.8) is 0 Å². The first-order valence-corrected chi connectivity index (χ1v) is 9.26. The fraction of sp³-hybridized carbons (Fsp3) is 0.0476. The number of phenols is 1. The summed E-state index contributed by atoms with van der Waals surface area (Å²) in [7, 11) is 1.51. The van der Waals surface area contributed by atoms with Crippen LogP contribution in [0.2, 0.25) is 5.02 Å². The molecule has 1 heterocycles. The average Bonchev–Trinajstić information content (AvgIpc) is 3.17. The zero-order valence-corrected chi connectivity index (χ0v) is 16.9.